The monoisotopic (exact) mass is 235 g/mol. The number of nitrogens with two attached hydrogens (primary N) is 1. The second-order valence-electron chi connectivity index (χ2n) is 3.23. The van der Waals surface area contributed by atoms with E-state index < -0.39 is 4.92 Å². The van der Waals surface area contributed by atoms with Gasteiger partial charge in [-0.15, -0.1) is 11.3 Å². The molecule has 2 aromatic rings. The number of nitro benzene ring substituents is 1. The van der Waals surface area contributed by atoms with Crippen LogP contribution in [0, 0.1) is 17.0 Å². The lowest BCUT2D eigenvalue weighted by molar-refractivity contribution is -0.384. The summed E-state index contributed by atoms with van der Waals surface area (Å²) < 4.78 is 0. The minimum absolute atomic E-state index is 0.0521. The number of rotatable bonds is 2. The Morgan fingerprint density at radius 3 is 2.69 bits per heavy atom. The summed E-state index contributed by atoms with van der Waals surface area (Å²) >= 11 is 1.36. The van der Waals surface area contributed by atoms with Gasteiger partial charge in [-0.25, -0.2) is 4.98 Å². The van der Waals surface area contributed by atoms with Crippen molar-refractivity contribution in [2.45, 2.75) is 6.92 Å². The largest absolute Gasteiger partial charge is 0.383 e. The number of hydrogen-bond acceptors (Lipinski definition) is 5. The fourth-order valence-corrected chi connectivity index (χ4v) is 2.20. The maximum atomic E-state index is 10.8. The van der Waals surface area contributed by atoms with Gasteiger partial charge in [-0.05, 0) is 13.0 Å². The quantitative estimate of drug-likeness (QED) is 0.640. The molecule has 5 nitrogen and oxygen atoms in total. The van der Waals surface area contributed by atoms with E-state index in [1.807, 2.05) is 6.92 Å². The molecule has 0 unspecified atom stereocenters. The minimum atomic E-state index is -0.414. The van der Waals surface area contributed by atoms with Crippen LogP contribution in [0.1, 0.15) is 4.88 Å². The summed E-state index contributed by atoms with van der Waals surface area (Å²) in [5.74, 6) is 0.429. The highest BCUT2D eigenvalue weighted by Crippen LogP contribution is 2.34. The SMILES string of the molecule is Cc1sc(-c2ccccc2[N+](=O)[O-])nc1N. The van der Waals surface area contributed by atoms with Gasteiger partial charge >= 0.3 is 0 Å². The molecule has 16 heavy (non-hydrogen) atoms. The first-order valence-electron chi connectivity index (χ1n) is 4.56. The number of thiazole rings is 1. The molecule has 0 radical (unpaired) electrons. The molecule has 82 valence electrons. The van der Waals surface area contributed by atoms with Crippen molar-refractivity contribution in [2.24, 2.45) is 0 Å². The van der Waals surface area contributed by atoms with E-state index in [9.17, 15) is 10.1 Å². The minimum Gasteiger partial charge on any atom is -0.383 e. The van der Waals surface area contributed by atoms with E-state index in [1.54, 1.807) is 18.2 Å². The first-order chi connectivity index (χ1) is 7.59. The number of aromatic nitrogens is 1. The molecule has 0 amide bonds. The van der Waals surface area contributed by atoms with Crippen LogP contribution in [0.5, 0.6) is 0 Å². The maximum Gasteiger partial charge on any atom is 0.279 e. The highest BCUT2D eigenvalue weighted by atomic mass is 32.1. The number of hydrogen-bond donors (Lipinski definition) is 1. The Bertz CT molecular complexity index is 531. The van der Waals surface area contributed by atoms with Crippen molar-refractivity contribution in [1.82, 2.24) is 4.98 Å². The third-order valence-corrected chi connectivity index (χ3v) is 3.18. The van der Waals surface area contributed by atoms with E-state index in [-0.39, 0.29) is 5.69 Å². The van der Waals surface area contributed by atoms with Crippen LogP contribution in [0.2, 0.25) is 0 Å². The van der Waals surface area contributed by atoms with Gasteiger partial charge in [-0.1, -0.05) is 12.1 Å². The Morgan fingerprint density at radius 1 is 1.44 bits per heavy atom. The van der Waals surface area contributed by atoms with Gasteiger partial charge in [0.05, 0.1) is 10.5 Å². The summed E-state index contributed by atoms with van der Waals surface area (Å²) in [6, 6.07) is 6.51. The van der Waals surface area contributed by atoms with Crippen LogP contribution in [0.3, 0.4) is 0 Å². The Morgan fingerprint density at radius 2 is 2.12 bits per heavy atom. The number of nitrogen functional groups attached to an aromatic ring is 1. The normalized spacial score (nSPS) is 10.3. The molecule has 2 rings (SSSR count). The molecule has 0 aliphatic heterocycles. The number of nitro groups is 1. The second kappa shape index (κ2) is 3.90. The van der Waals surface area contributed by atoms with Gasteiger partial charge in [0.15, 0.2) is 0 Å². The molecular weight excluding hydrogens is 226 g/mol. The average Bonchev–Trinajstić information content (AvgIpc) is 2.59. The fourth-order valence-electron chi connectivity index (χ4n) is 1.34. The third kappa shape index (κ3) is 1.74. The standard InChI is InChI=1S/C10H9N3O2S/c1-6-9(11)12-10(16-6)7-4-2-3-5-8(7)13(14)15/h2-5H,11H2,1H3. The van der Waals surface area contributed by atoms with Crippen LogP contribution >= 0.6 is 11.3 Å². The van der Waals surface area contributed by atoms with Crippen molar-refractivity contribution < 1.29 is 4.92 Å². The molecule has 0 aliphatic carbocycles. The summed E-state index contributed by atoms with van der Waals surface area (Å²) in [7, 11) is 0. The molecule has 1 heterocycles. The molecule has 0 spiro atoms. The molecule has 0 bridgehead atoms. The summed E-state index contributed by atoms with van der Waals surface area (Å²) in [5, 5.41) is 11.4. The molecule has 1 aromatic heterocycles. The van der Waals surface area contributed by atoms with Gasteiger partial charge in [0.2, 0.25) is 0 Å². The molecule has 1 aromatic carbocycles. The molecule has 6 heteroatoms. The lowest BCUT2D eigenvalue weighted by Gasteiger charge is -1.97. The van der Waals surface area contributed by atoms with E-state index in [4.69, 9.17) is 5.73 Å². The Balaban J connectivity index is 2.59. The Hall–Kier alpha value is -1.95. The summed E-state index contributed by atoms with van der Waals surface area (Å²) in [6.45, 7) is 1.84. The van der Waals surface area contributed by atoms with Crippen molar-refractivity contribution in [2.75, 3.05) is 5.73 Å². The average molecular weight is 235 g/mol. The van der Waals surface area contributed by atoms with Crippen molar-refractivity contribution in [1.29, 1.82) is 0 Å². The number of aryl methyl sites for hydroxylation is 1. The summed E-state index contributed by atoms with van der Waals surface area (Å²) in [6.07, 6.45) is 0. The van der Waals surface area contributed by atoms with Crippen LogP contribution < -0.4 is 5.73 Å². The highest BCUT2D eigenvalue weighted by Gasteiger charge is 2.17. The smallest absolute Gasteiger partial charge is 0.279 e. The van der Waals surface area contributed by atoms with Crippen molar-refractivity contribution in [3.63, 3.8) is 0 Å². The maximum absolute atomic E-state index is 10.8. The van der Waals surface area contributed by atoms with Gasteiger partial charge < -0.3 is 5.73 Å². The molecule has 0 fully saturated rings. The number of anilines is 1. The van der Waals surface area contributed by atoms with Crippen molar-refractivity contribution in [3.05, 3.63) is 39.3 Å². The van der Waals surface area contributed by atoms with Crippen LogP contribution in [-0.4, -0.2) is 9.91 Å². The topological polar surface area (TPSA) is 82.0 Å². The zero-order valence-electron chi connectivity index (χ0n) is 8.51. The predicted molar refractivity (Wildman–Crippen MR) is 63.4 cm³/mol. The zero-order valence-corrected chi connectivity index (χ0v) is 9.32. The van der Waals surface area contributed by atoms with E-state index in [0.717, 1.165) is 4.88 Å². The molecular formula is C10H9N3O2S. The first-order valence-corrected chi connectivity index (χ1v) is 5.38. The van der Waals surface area contributed by atoms with E-state index in [0.29, 0.717) is 16.4 Å². The van der Waals surface area contributed by atoms with Gasteiger partial charge in [-0.3, -0.25) is 10.1 Å². The molecule has 2 N–H and O–H groups in total. The molecule has 0 aliphatic rings. The zero-order chi connectivity index (χ0) is 11.7. The lowest BCUT2D eigenvalue weighted by atomic mass is 10.2. The number of benzene rings is 1. The van der Waals surface area contributed by atoms with E-state index in [2.05, 4.69) is 4.98 Å². The van der Waals surface area contributed by atoms with Gasteiger partial charge in [0, 0.05) is 10.9 Å². The predicted octanol–water partition coefficient (Wildman–Crippen LogP) is 2.61. The van der Waals surface area contributed by atoms with Crippen molar-refractivity contribution in [3.8, 4) is 10.6 Å². The van der Waals surface area contributed by atoms with Crippen molar-refractivity contribution >= 4 is 22.8 Å². The fraction of sp³-hybridized carbons (Fsp3) is 0.100. The Labute approximate surface area is 95.7 Å². The van der Waals surface area contributed by atoms with Gasteiger partial charge in [0.25, 0.3) is 5.69 Å². The van der Waals surface area contributed by atoms with Crippen LogP contribution in [0.4, 0.5) is 11.5 Å². The number of nitrogens with zero attached hydrogens (tertiary/aromatic N) is 2. The second-order valence-corrected chi connectivity index (χ2v) is 4.44. The highest BCUT2D eigenvalue weighted by molar-refractivity contribution is 7.15. The third-order valence-electron chi connectivity index (χ3n) is 2.16. The van der Waals surface area contributed by atoms with Gasteiger partial charge in [0.1, 0.15) is 10.8 Å². The van der Waals surface area contributed by atoms with Crippen LogP contribution in [-0.2, 0) is 0 Å². The summed E-state index contributed by atoms with van der Waals surface area (Å²) in [4.78, 5) is 15.4. The Kier molecular flexibility index (Phi) is 2.57. The molecule has 0 saturated carbocycles. The van der Waals surface area contributed by atoms with Crippen LogP contribution in [0.15, 0.2) is 24.3 Å². The number of para-hydroxylation sites is 1. The summed E-state index contributed by atoms with van der Waals surface area (Å²) in [5.41, 5.74) is 6.20. The molecule has 0 saturated heterocycles. The van der Waals surface area contributed by atoms with Crippen LogP contribution in [0.25, 0.3) is 10.6 Å². The van der Waals surface area contributed by atoms with E-state index >= 15 is 0 Å². The van der Waals surface area contributed by atoms with E-state index in [1.165, 1.54) is 17.4 Å². The first kappa shape index (κ1) is 10.6. The lowest BCUT2D eigenvalue weighted by Crippen LogP contribution is -1.91. The van der Waals surface area contributed by atoms with Gasteiger partial charge in [-0.2, -0.15) is 0 Å². The molecule has 0 atom stereocenters.